The number of nitrogens with zero attached hydrogens (tertiary/aromatic N) is 2. The van der Waals surface area contributed by atoms with Crippen molar-refractivity contribution in [2.24, 2.45) is 0 Å². The first-order chi connectivity index (χ1) is 12.8. The molecule has 0 aliphatic carbocycles. The molecule has 0 saturated heterocycles. The molecule has 3 rings (SSSR count). The van der Waals surface area contributed by atoms with Gasteiger partial charge in [0.05, 0.1) is 30.9 Å². The summed E-state index contributed by atoms with van der Waals surface area (Å²) >= 11 is 0. The van der Waals surface area contributed by atoms with Gasteiger partial charge in [-0.25, -0.2) is 4.98 Å². The lowest BCUT2D eigenvalue weighted by Gasteiger charge is -2.14. The minimum absolute atomic E-state index is 0.147. The number of nitrogens with one attached hydrogen (secondary N) is 1. The number of pyridine rings is 1. The molecule has 0 aliphatic rings. The van der Waals surface area contributed by atoms with Crippen LogP contribution in [0.15, 0.2) is 22.7 Å². The summed E-state index contributed by atoms with van der Waals surface area (Å²) in [7, 11) is 3.13. The molecule has 0 radical (unpaired) electrons. The maximum atomic E-state index is 13.1. The number of rotatable bonds is 5. The van der Waals surface area contributed by atoms with E-state index in [4.69, 9.17) is 14.0 Å². The lowest BCUT2D eigenvalue weighted by molar-refractivity contribution is 0.102. The summed E-state index contributed by atoms with van der Waals surface area (Å²) in [6.07, 6.45) is 0. The molecule has 1 amide bonds. The molecule has 0 aliphatic heterocycles. The molecule has 0 fully saturated rings. The summed E-state index contributed by atoms with van der Waals surface area (Å²) in [5.74, 6) is 1.04. The van der Waals surface area contributed by atoms with E-state index in [0.717, 1.165) is 11.3 Å². The number of aromatic nitrogens is 2. The Hall–Kier alpha value is -3.09. The van der Waals surface area contributed by atoms with Gasteiger partial charge < -0.3 is 19.3 Å². The highest BCUT2D eigenvalue weighted by Gasteiger charge is 2.21. The second kappa shape index (κ2) is 7.26. The van der Waals surface area contributed by atoms with E-state index in [1.165, 1.54) is 0 Å². The van der Waals surface area contributed by atoms with E-state index in [2.05, 4.69) is 15.5 Å². The Balaban J connectivity index is 2.05. The van der Waals surface area contributed by atoms with Crippen LogP contribution in [-0.4, -0.2) is 30.3 Å². The van der Waals surface area contributed by atoms with Gasteiger partial charge in [0.25, 0.3) is 11.6 Å². The Labute approximate surface area is 157 Å². The van der Waals surface area contributed by atoms with E-state index in [9.17, 15) is 4.79 Å². The third kappa shape index (κ3) is 3.45. The molecule has 1 aromatic carbocycles. The standard InChI is InChI=1S/C20H23N3O4/c1-10(2)14-8-13(18-12(4)23-27-20(18)22-14)19(24)21-15-9-17(26-6)16(25-5)7-11(15)3/h7-10H,1-6H3,(H,21,24). The smallest absolute Gasteiger partial charge is 0.259 e. The Kier molecular flexibility index (Phi) is 5.03. The van der Waals surface area contributed by atoms with Gasteiger partial charge in [-0.3, -0.25) is 4.79 Å². The van der Waals surface area contributed by atoms with Crippen LogP contribution in [-0.2, 0) is 0 Å². The first kappa shape index (κ1) is 18.7. The number of methoxy groups -OCH3 is 2. The average molecular weight is 369 g/mol. The molecule has 2 aromatic heterocycles. The van der Waals surface area contributed by atoms with Crippen molar-refractivity contribution < 1.29 is 18.8 Å². The van der Waals surface area contributed by atoms with E-state index in [1.807, 2.05) is 26.8 Å². The van der Waals surface area contributed by atoms with E-state index < -0.39 is 0 Å². The van der Waals surface area contributed by atoms with Crippen molar-refractivity contribution in [2.75, 3.05) is 19.5 Å². The van der Waals surface area contributed by atoms with Crippen LogP contribution < -0.4 is 14.8 Å². The molecule has 7 heteroatoms. The highest BCUT2D eigenvalue weighted by Crippen LogP contribution is 2.33. The predicted molar refractivity (Wildman–Crippen MR) is 103 cm³/mol. The van der Waals surface area contributed by atoms with Crippen molar-refractivity contribution >= 4 is 22.7 Å². The quantitative estimate of drug-likeness (QED) is 0.724. The van der Waals surface area contributed by atoms with Crippen LogP contribution in [0.3, 0.4) is 0 Å². The third-order valence-corrected chi connectivity index (χ3v) is 4.45. The molecule has 0 spiro atoms. The highest BCUT2D eigenvalue weighted by molar-refractivity contribution is 6.12. The number of carbonyl (C=O) groups is 1. The summed E-state index contributed by atoms with van der Waals surface area (Å²) in [4.78, 5) is 17.5. The van der Waals surface area contributed by atoms with Gasteiger partial charge >= 0.3 is 0 Å². The fourth-order valence-electron chi connectivity index (χ4n) is 2.89. The van der Waals surface area contributed by atoms with Crippen molar-refractivity contribution in [3.8, 4) is 11.5 Å². The topological polar surface area (TPSA) is 86.5 Å². The number of aryl methyl sites for hydroxylation is 2. The maximum Gasteiger partial charge on any atom is 0.259 e. The van der Waals surface area contributed by atoms with E-state index in [-0.39, 0.29) is 11.8 Å². The maximum absolute atomic E-state index is 13.1. The zero-order chi connectivity index (χ0) is 19.7. The van der Waals surface area contributed by atoms with Gasteiger partial charge in [-0.1, -0.05) is 19.0 Å². The number of ether oxygens (including phenoxy) is 2. The average Bonchev–Trinajstić information content (AvgIpc) is 3.03. The first-order valence-corrected chi connectivity index (χ1v) is 8.66. The van der Waals surface area contributed by atoms with Gasteiger partial charge in [-0.05, 0) is 37.5 Å². The van der Waals surface area contributed by atoms with Crippen molar-refractivity contribution in [3.05, 3.63) is 40.7 Å². The summed E-state index contributed by atoms with van der Waals surface area (Å²) in [5.41, 5.74) is 3.75. The molecule has 3 aromatic rings. The normalized spacial score (nSPS) is 11.1. The number of carbonyl (C=O) groups excluding carboxylic acids is 1. The number of hydrogen-bond donors (Lipinski definition) is 1. The van der Waals surface area contributed by atoms with Crippen LogP contribution in [0.1, 0.15) is 47.1 Å². The second-order valence-corrected chi connectivity index (χ2v) is 6.67. The minimum Gasteiger partial charge on any atom is -0.493 e. The molecule has 0 bridgehead atoms. The van der Waals surface area contributed by atoms with Crippen LogP contribution in [0.2, 0.25) is 0 Å². The molecule has 27 heavy (non-hydrogen) atoms. The lowest BCUT2D eigenvalue weighted by Crippen LogP contribution is -2.15. The fraction of sp³-hybridized carbons (Fsp3) is 0.350. The van der Waals surface area contributed by atoms with Gasteiger partial charge in [-0.15, -0.1) is 0 Å². The van der Waals surface area contributed by atoms with Gasteiger partial charge in [0.1, 0.15) is 0 Å². The lowest BCUT2D eigenvalue weighted by atomic mass is 10.0. The minimum atomic E-state index is -0.258. The van der Waals surface area contributed by atoms with Crippen LogP contribution in [0.4, 0.5) is 5.69 Å². The number of hydrogen-bond acceptors (Lipinski definition) is 6. The van der Waals surface area contributed by atoms with Gasteiger partial charge in [0, 0.05) is 17.4 Å². The van der Waals surface area contributed by atoms with Crippen molar-refractivity contribution in [1.29, 1.82) is 0 Å². The number of benzene rings is 1. The summed E-state index contributed by atoms with van der Waals surface area (Å²) in [6.45, 7) is 7.71. The van der Waals surface area contributed by atoms with Crippen molar-refractivity contribution in [3.63, 3.8) is 0 Å². The van der Waals surface area contributed by atoms with Crippen LogP contribution in [0, 0.1) is 13.8 Å². The third-order valence-electron chi connectivity index (χ3n) is 4.45. The fourth-order valence-corrected chi connectivity index (χ4v) is 2.89. The Morgan fingerprint density at radius 3 is 2.41 bits per heavy atom. The molecular weight excluding hydrogens is 346 g/mol. The van der Waals surface area contributed by atoms with Crippen LogP contribution in [0.25, 0.3) is 11.1 Å². The van der Waals surface area contributed by atoms with Crippen LogP contribution in [0.5, 0.6) is 11.5 Å². The van der Waals surface area contributed by atoms with Gasteiger partial charge in [0.15, 0.2) is 11.5 Å². The van der Waals surface area contributed by atoms with E-state index >= 15 is 0 Å². The van der Waals surface area contributed by atoms with E-state index in [0.29, 0.717) is 39.5 Å². The monoisotopic (exact) mass is 369 g/mol. The predicted octanol–water partition coefficient (Wildman–Crippen LogP) is 4.23. The van der Waals surface area contributed by atoms with Crippen LogP contribution >= 0.6 is 0 Å². The highest BCUT2D eigenvalue weighted by atomic mass is 16.5. The molecule has 7 nitrogen and oxygen atoms in total. The van der Waals surface area contributed by atoms with Crippen molar-refractivity contribution in [2.45, 2.75) is 33.6 Å². The Morgan fingerprint density at radius 2 is 1.78 bits per heavy atom. The summed E-state index contributed by atoms with van der Waals surface area (Å²) < 4.78 is 15.9. The van der Waals surface area contributed by atoms with E-state index in [1.54, 1.807) is 33.3 Å². The molecular formula is C20H23N3O4. The largest absolute Gasteiger partial charge is 0.493 e. The number of fused-ring (bicyclic) bond motifs is 1. The zero-order valence-electron chi connectivity index (χ0n) is 16.3. The second-order valence-electron chi connectivity index (χ2n) is 6.67. The Morgan fingerprint density at radius 1 is 1.11 bits per heavy atom. The number of amides is 1. The molecule has 142 valence electrons. The number of anilines is 1. The Bertz CT molecular complexity index is 1010. The molecule has 0 unspecified atom stereocenters. The summed E-state index contributed by atoms with van der Waals surface area (Å²) in [6, 6.07) is 5.36. The molecule has 2 heterocycles. The van der Waals surface area contributed by atoms with Crippen molar-refractivity contribution in [1.82, 2.24) is 10.1 Å². The molecule has 0 saturated carbocycles. The van der Waals surface area contributed by atoms with Gasteiger partial charge in [0.2, 0.25) is 0 Å². The zero-order valence-corrected chi connectivity index (χ0v) is 16.3. The summed E-state index contributed by atoms with van der Waals surface area (Å²) in [5, 5.41) is 7.54. The SMILES string of the molecule is COc1cc(C)c(NC(=O)c2cc(C(C)C)nc3onc(C)c23)cc1OC. The molecule has 1 N–H and O–H groups in total. The van der Waals surface area contributed by atoms with Gasteiger partial charge in [-0.2, -0.15) is 0 Å². The first-order valence-electron chi connectivity index (χ1n) is 8.66. The molecule has 0 atom stereocenters.